The predicted molar refractivity (Wildman–Crippen MR) is 85.7 cm³/mol. The maximum atomic E-state index is 12.0. The topological polar surface area (TPSA) is 117 Å². The zero-order chi connectivity index (χ0) is 15.8. The number of nitrogens with two attached hydrogens (primary N) is 1. The molecule has 128 valence electrons. The molecule has 1 rings (SSSR count). The van der Waals surface area contributed by atoms with Gasteiger partial charge in [-0.15, -0.1) is 12.4 Å². The van der Waals surface area contributed by atoms with Crippen LogP contribution < -0.4 is 21.7 Å². The SMILES string of the molecule is CNC(=O)NC(=O)C(C)N1CCCC(C(=O)NCCN)C1.Cl. The molecule has 0 aromatic carbocycles. The molecule has 1 aliphatic rings. The molecule has 0 aromatic rings. The zero-order valence-corrected chi connectivity index (χ0v) is 13.9. The largest absolute Gasteiger partial charge is 0.355 e. The van der Waals surface area contributed by atoms with Gasteiger partial charge >= 0.3 is 6.03 Å². The summed E-state index contributed by atoms with van der Waals surface area (Å²) in [5.74, 6) is -0.526. The maximum absolute atomic E-state index is 12.0. The number of nitrogens with zero attached hydrogens (tertiary/aromatic N) is 1. The number of likely N-dealkylation sites (tertiary alicyclic amines) is 1. The van der Waals surface area contributed by atoms with E-state index < -0.39 is 12.1 Å². The molecule has 1 aliphatic heterocycles. The lowest BCUT2D eigenvalue weighted by Gasteiger charge is -2.35. The van der Waals surface area contributed by atoms with Crippen LogP contribution in [0.1, 0.15) is 19.8 Å². The summed E-state index contributed by atoms with van der Waals surface area (Å²) in [4.78, 5) is 37.0. The highest BCUT2D eigenvalue weighted by atomic mass is 35.5. The van der Waals surface area contributed by atoms with Crippen LogP contribution in [0.25, 0.3) is 0 Å². The summed E-state index contributed by atoms with van der Waals surface area (Å²) in [5.41, 5.74) is 5.37. The van der Waals surface area contributed by atoms with E-state index in [1.807, 2.05) is 4.90 Å². The van der Waals surface area contributed by atoms with E-state index >= 15 is 0 Å². The molecule has 0 aromatic heterocycles. The first-order chi connectivity index (χ1) is 9.99. The second kappa shape index (κ2) is 10.4. The van der Waals surface area contributed by atoms with Gasteiger partial charge in [-0.25, -0.2) is 4.79 Å². The smallest absolute Gasteiger partial charge is 0.321 e. The van der Waals surface area contributed by atoms with Crippen molar-refractivity contribution in [3.8, 4) is 0 Å². The number of halogens is 1. The van der Waals surface area contributed by atoms with Crippen LogP contribution in [0.2, 0.25) is 0 Å². The number of amides is 4. The molecule has 1 heterocycles. The Morgan fingerprint density at radius 3 is 2.64 bits per heavy atom. The molecule has 0 bridgehead atoms. The number of imide groups is 1. The van der Waals surface area contributed by atoms with Gasteiger partial charge in [-0.3, -0.25) is 19.8 Å². The highest BCUT2D eigenvalue weighted by molar-refractivity contribution is 5.96. The summed E-state index contributed by atoms with van der Waals surface area (Å²) in [6.07, 6.45) is 1.65. The van der Waals surface area contributed by atoms with Gasteiger partial charge in [0.2, 0.25) is 11.8 Å². The first kappa shape index (κ1) is 20.6. The van der Waals surface area contributed by atoms with Gasteiger partial charge in [0.05, 0.1) is 12.0 Å². The third kappa shape index (κ3) is 6.17. The van der Waals surface area contributed by atoms with Crippen molar-refractivity contribution in [2.45, 2.75) is 25.8 Å². The summed E-state index contributed by atoms with van der Waals surface area (Å²) < 4.78 is 0. The Morgan fingerprint density at radius 2 is 2.05 bits per heavy atom. The highest BCUT2D eigenvalue weighted by Crippen LogP contribution is 2.18. The van der Waals surface area contributed by atoms with E-state index in [-0.39, 0.29) is 30.1 Å². The molecular weight excluding hydrogens is 310 g/mol. The van der Waals surface area contributed by atoms with Crippen LogP contribution in [0, 0.1) is 5.92 Å². The molecule has 2 unspecified atom stereocenters. The molecule has 0 saturated carbocycles. The van der Waals surface area contributed by atoms with Crippen LogP contribution in [0.3, 0.4) is 0 Å². The number of carbonyl (C=O) groups is 3. The van der Waals surface area contributed by atoms with E-state index in [0.717, 1.165) is 19.4 Å². The molecule has 22 heavy (non-hydrogen) atoms. The van der Waals surface area contributed by atoms with Crippen LogP contribution in [-0.2, 0) is 9.59 Å². The third-order valence-electron chi connectivity index (χ3n) is 3.66. The van der Waals surface area contributed by atoms with Gasteiger partial charge in [0, 0.05) is 26.7 Å². The fourth-order valence-electron chi connectivity index (χ4n) is 2.36. The average molecular weight is 336 g/mol. The molecule has 0 spiro atoms. The van der Waals surface area contributed by atoms with Crippen molar-refractivity contribution in [3.05, 3.63) is 0 Å². The first-order valence-electron chi connectivity index (χ1n) is 7.24. The lowest BCUT2D eigenvalue weighted by molar-refractivity contribution is -0.130. The average Bonchev–Trinajstić information content (AvgIpc) is 2.51. The van der Waals surface area contributed by atoms with Crippen molar-refractivity contribution in [1.29, 1.82) is 0 Å². The molecular formula is C13H26ClN5O3. The number of hydrogen-bond donors (Lipinski definition) is 4. The summed E-state index contributed by atoms with van der Waals surface area (Å²) >= 11 is 0. The van der Waals surface area contributed by atoms with Crippen molar-refractivity contribution in [2.24, 2.45) is 11.7 Å². The number of piperidine rings is 1. The molecule has 8 nitrogen and oxygen atoms in total. The van der Waals surface area contributed by atoms with Crippen molar-refractivity contribution >= 4 is 30.3 Å². The molecule has 4 amide bonds. The fraction of sp³-hybridized carbons (Fsp3) is 0.769. The first-order valence-corrected chi connectivity index (χ1v) is 7.24. The Labute approximate surface area is 136 Å². The summed E-state index contributed by atoms with van der Waals surface area (Å²) in [6.45, 7) is 3.86. The number of urea groups is 1. The van der Waals surface area contributed by atoms with Crippen molar-refractivity contribution in [3.63, 3.8) is 0 Å². The van der Waals surface area contributed by atoms with E-state index in [2.05, 4.69) is 16.0 Å². The normalized spacial score (nSPS) is 19.5. The third-order valence-corrected chi connectivity index (χ3v) is 3.66. The zero-order valence-electron chi connectivity index (χ0n) is 13.1. The minimum Gasteiger partial charge on any atom is -0.355 e. The van der Waals surface area contributed by atoms with Gasteiger partial charge in [-0.05, 0) is 26.3 Å². The van der Waals surface area contributed by atoms with Gasteiger partial charge in [0.15, 0.2) is 0 Å². The lowest BCUT2D eigenvalue weighted by Crippen LogP contribution is -2.53. The van der Waals surface area contributed by atoms with Gasteiger partial charge in [0.1, 0.15) is 0 Å². The van der Waals surface area contributed by atoms with Crippen LogP contribution in [0.4, 0.5) is 4.79 Å². The van der Waals surface area contributed by atoms with Crippen molar-refractivity contribution in [1.82, 2.24) is 20.9 Å². The van der Waals surface area contributed by atoms with Crippen LogP contribution in [-0.4, -0.2) is 62.0 Å². The number of carbonyl (C=O) groups excluding carboxylic acids is 3. The standard InChI is InChI=1S/C13H25N5O3.ClH/c1-9(11(19)17-13(21)15-2)18-7-3-4-10(8-18)12(20)16-6-5-14;/h9-10H,3-8,14H2,1-2H3,(H,16,20)(H2,15,17,19,21);1H. The molecule has 9 heteroatoms. The molecule has 1 saturated heterocycles. The summed E-state index contributed by atoms with van der Waals surface area (Å²) in [7, 11) is 1.45. The predicted octanol–water partition coefficient (Wildman–Crippen LogP) is -0.961. The quantitative estimate of drug-likeness (QED) is 0.516. The number of hydrogen-bond acceptors (Lipinski definition) is 5. The second-order valence-corrected chi connectivity index (χ2v) is 5.16. The Morgan fingerprint density at radius 1 is 1.36 bits per heavy atom. The van der Waals surface area contributed by atoms with Crippen molar-refractivity contribution in [2.75, 3.05) is 33.2 Å². The number of nitrogens with one attached hydrogen (secondary N) is 3. The summed E-state index contributed by atoms with van der Waals surface area (Å²) in [6, 6.07) is -0.978. The summed E-state index contributed by atoms with van der Waals surface area (Å²) in [5, 5.41) is 7.37. The maximum Gasteiger partial charge on any atom is 0.321 e. The van der Waals surface area contributed by atoms with Gasteiger partial charge in [0.25, 0.3) is 0 Å². The van der Waals surface area contributed by atoms with Crippen molar-refractivity contribution < 1.29 is 14.4 Å². The lowest BCUT2D eigenvalue weighted by atomic mass is 9.96. The van der Waals surface area contributed by atoms with E-state index in [0.29, 0.717) is 19.6 Å². The van der Waals surface area contributed by atoms with Gasteiger partial charge in [-0.1, -0.05) is 0 Å². The molecule has 2 atom stereocenters. The molecule has 0 radical (unpaired) electrons. The highest BCUT2D eigenvalue weighted by Gasteiger charge is 2.31. The second-order valence-electron chi connectivity index (χ2n) is 5.16. The molecule has 5 N–H and O–H groups in total. The Hall–Kier alpha value is -1.38. The molecule has 1 fully saturated rings. The Balaban J connectivity index is 0.00000441. The Kier molecular flexibility index (Phi) is 9.71. The van der Waals surface area contributed by atoms with Gasteiger partial charge in [-0.2, -0.15) is 0 Å². The minimum absolute atomic E-state index is 0. The van der Waals surface area contributed by atoms with Crippen LogP contribution >= 0.6 is 12.4 Å². The fourth-order valence-corrected chi connectivity index (χ4v) is 2.36. The minimum atomic E-state index is -0.527. The van der Waals surface area contributed by atoms with E-state index in [9.17, 15) is 14.4 Å². The van der Waals surface area contributed by atoms with Crippen LogP contribution in [0.5, 0.6) is 0 Å². The van der Waals surface area contributed by atoms with E-state index in [4.69, 9.17) is 5.73 Å². The van der Waals surface area contributed by atoms with Crippen LogP contribution in [0.15, 0.2) is 0 Å². The molecule has 0 aliphatic carbocycles. The van der Waals surface area contributed by atoms with E-state index in [1.165, 1.54) is 7.05 Å². The van der Waals surface area contributed by atoms with E-state index in [1.54, 1.807) is 6.92 Å². The number of rotatable bonds is 5. The monoisotopic (exact) mass is 335 g/mol. The van der Waals surface area contributed by atoms with Gasteiger partial charge < -0.3 is 16.4 Å². The Bertz CT molecular complexity index is 394.